The van der Waals surface area contributed by atoms with Crippen LogP contribution in [0.5, 0.6) is 0 Å². The summed E-state index contributed by atoms with van der Waals surface area (Å²) in [6.45, 7) is 3.79. The van der Waals surface area contributed by atoms with Gasteiger partial charge in [-0.2, -0.15) is 0 Å². The highest BCUT2D eigenvalue weighted by molar-refractivity contribution is 6.33. The SMILES string of the molecule is C=CCNc1ncnc(NNC(=O)c2ccccc2Cl)c1[N+](=O)[O-]. The number of carbonyl (C=O) groups excluding carboxylic acids is 1. The molecule has 24 heavy (non-hydrogen) atoms. The van der Waals surface area contributed by atoms with Crippen molar-refractivity contribution in [2.75, 3.05) is 17.3 Å². The first-order valence-electron chi connectivity index (χ1n) is 6.69. The maximum atomic E-state index is 12.1. The summed E-state index contributed by atoms with van der Waals surface area (Å²) in [6, 6.07) is 6.40. The number of hydrazine groups is 1. The molecule has 0 aliphatic rings. The summed E-state index contributed by atoms with van der Waals surface area (Å²) >= 11 is 5.92. The number of nitrogens with zero attached hydrogens (tertiary/aromatic N) is 3. The summed E-state index contributed by atoms with van der Waals surface area (Å²) in [4.78, 5) is 30.3. The molecule has 10 heteroatoms. The van der Waals surface area contributed by atoms with Crippen molar-refractivity contribution in [2.24, 2.45) is 0 Å². The molecule has 0 aliphatic heterocycles. The molecule has 9 nitrogen and oxygen atoms in total. The molecule has 0 saturated carbocycles. The highest BCUT2D eigenvalue weighted by atomic mass is 35.5. The van der Waals surface area contributed by atoms with Gasteiger partial charge in [-0.05, 0) is 12.1 Å². The summed E-state index contributed by atoms with van der Waals surface area (Å²) in [5, 5.41) is 14.2. The Morgan fingerprint density at radius 3 is 2.71 bits per heavy atom. The fourth-order valence-corrected chi connectivity index (χ4v) is 1.99. The predicted molar refractivity (Wildman–Crippen MR) is 89.9 cm³/mol. The van der Waals surface area contributed by atoms with E-state index in [1.807, 2.05) is 0 Å². The van der Waals surface area contributed by atoms with Crippen LogP contribution in [0.25, 0.3) is 0 Å². The lowest BCUT2D eigenvalue weighted by Gasteiger charge is -2.10. The Kier molecular flexibility index (Phi) is 5.63. The number of nitro groups is 1. The zero-order valence-corrected chi connectivity index (χ0v) is 13.1. The second-order valence-electron chi connectivity index (χ2n) is 4.41. The third kappa shape index (κ3) is 3.96. The van der Waals surface area contributed by atoms with Gasteiger partial charge in [0.25, 0.3) is 5.91 Å². The number of aromatic nitrogens is 2. The predicted octanol–water partition coefficient (Wildman–Crippen LogP) is 2.39. The molecule has 2 rings (SSSR count). The van der Waals surface area contributed by atoms with Crippen LogP contribution in [0.2, 0.25) is 5.02 Å². The largest absolute Gasteiger partial charge is 0.361 e. The van der Waals surface area contributed by atoms with E-state index >= 15 is 0 Å². The van der Waals surface area contributed by atoms with Gasteiger partial charge in [0.15, 0.2) is 0 Å². The van der Waals surface area contributed by atoms with E-state index in [0.717, 1.165) is 6.33 Å². The number of amides is 1. The molecule has 0 aliphatic carbocycles. The molecular weight excluding hydrogens is 336 g/mol. The first-order chi connectivity index (χ1) is 11.5. The summed E-state index contributed by atoms with van der Waals surface area (Å²) in [5.41, 5.74) is 4.55. The van der Waals surface area contributed by atoms with Crippen molar-refractivity contribution in [3.8, 4) is 0 Å². The minimum absolute atomic E-state index is 0.00407. The second kappa shape index (κ2) is 7.88. The average Bonchev–Trinajstić information content (AvgIpc) is 2.57. The quantitative estimate of drug-likeness (QED) is 0.399. The molecule has 2 aromatic rings. The van der Waals surface area contributed by atoms with Crippen LogP contribution in [0.4, 0.5) is 17.3 Å². The van der Waals surface area contributed by atoms with Crippen molar-refractivity contribution in [1.29, 1.82) is 0 Å². The molecular formula is C14H13ClN6O3. The minimum atomic E-state index is -0.657. The van der Waals surface area contributed by atoms with E-state index in [0.29, 0.717) is 0 Å². The lowest BCUT2D eigenvalue weighted by molar-refractivity contribution is -0.383. The molecule has 3 N–H and O–H groups in total. The van der Waals surface area contributed by atoms with Crippen LogP contribution in [-0.2, 0) is 0 Å². The maximum Gasteiger partial charge on any atom is 0.354 e. The maximum absolute atomic E-state index is 12.1. The number of nitrogens with one attached hydrogen (secondary N) is 3. The van der Waals surface area contributed by atoms with Crippen molar-refractivity contribution in [2.45, 2.75) is 0 Å². The highest BCUT2D eigenvalue weighted by Crippen LogP contribution is 2.28. The van der Waals surface area contributed by atoms with E-state index in [1.165, 1.54) is 12.1 Å². The van der Waals surface area contributed by atoms with E-state index in [4.69, 9.17) is 11.6 Å². The van der Waals surface area contributed by atoms with Gasteiger partial charge in [0.05, 0.1) is 15.5 Å². The van der Waals surface area contributed by atoms with E-state index in [9.17, 15) is 14.9 Å². The molecule has 0 atom stereocenters. The summed E-state index contributed by atoms with van der Waals surface area (Å²) in [5.74, 6) is -0.722. The zero-order chi connectivity index (χ0) is 17.5. The van der Waals surface area contributed by atoms with E-state index in [2.05, 4.69) is 32.7 Å². The standard InChI is InChI=1S/C14H13ClN6O3/c1-2-7-16-12-11(21(23)24)13(18-8-17-12)19-20-14(22)9-5-3-4-6-10(9)15/h2-6,8H,1,7H2,(H,20,22)(H2,16,17,18,19). The van der Waals surface area contributed by atoms with E-state index < -0.39 is 16.5 Å². The van der Waals surface area contributed by atoms with Crippen molar-refractivity contribution in [3.63, 3.8) is 0 Å². The Hall–Kier alpha value is -3.20. The molecule has 0 fully saturated rings. The molecule has 0 spiro atoms. The van der Waals surface area contributed by atoms with Crippen LogP contribution in [0.1, 0.15) is 10.4 Å². The number of hydrogen-bond donors (Lipinski definition) is 3. The molecule has 124 valence electrons. The Labute approximate surface area is 141 Å². The number of halogens is 1. The van der Waals surface area contributed by atoms with Gasteiger partial charge >= 0.3 is 5.69 Å². The van der Waals surface area contributed by atoms with Gasteiger partial charge < -0.3 is 5.32 Å². The molecule has 0 radical (unpaired) electrons. The number of hydrogen-bond acceptors (Lipinski definition) is 7. The molecule has 1 aromatic carbocycles. The van der Waals surface area contributed by atoms with Gasteiger partial charge in [-0.1, -0.05) is 29.8 Å². The van der Waals surface area contributed by atoms with Crippen molar-refractivity contribution in [1.82, 2.24) is 15.4 Å². The molecule has 0 saturated heterocycles. The first-order valence-corrected chi connectivity index (χ1v) is 7.07. The van der Waals surface area contributed by atoms with Gasteiger partial charge in [-0.25, -0.2) is 9.97 Å². The van der Waals surface area contributed by atoms with Crippen LogP contribution < -0.4 is 16.2 Å². The van der Waals surface area contributed by atoms with Gasteiger partial charge in [0.1, 0.15) is 6.33 Å². The number of carbonyl (C=O) groups is 1. The fourth-order valence-electron chi connectivity index (χ4n) is 1.77. The van der Waals surface area contributed by atoms with Gasteiger partial charge in [0.2, 0.25) is 11.6 Å². The van der Waals surface area contributed by atoms with Gasteiger partial charge in [-0.15, -0.1) is 6.58 Å². The first kappa shape index (κ1) is 17.2. The van der Waals surface area contributed by atoms with Crippen LogP contribution >= 0.6 is 11.6 Å². The highest BCUT2D eigenvalue weighted by Gasteiger charge is 2.23. The zero-order valence-electron chi connectivity index (χ0n) is 12.3. The third-order valence-electron chi connectivity index (χ3n) is 2.83. The average molecular weight is 349 g/mol. The molecule has 1 aromatic heterocycles. The van der Waals surface area contributed by atoms with Crippen LogP contribution in [0, 0.1) is 10.1 Å². The fraction of sp³-hybridized carbons (Fsp3) is 0.0714. The molecule has 1 amide bonds. The summed E-state index contributed by atoms with van der Waals surface area (Å²) in [7, 11) is 0. The van der Waals surface area contributed by atoms with E-state index in [1.54, 1.807) is 18.2 Å². The van der Waals surface area contributed by atoms with Gasteiger partial charge in [-0.3, -0.25) is 25.8 Å². The Balaban J connectivity index is 2.20. The monoisotopic (exact) mass is 348 g/mol. The Morgan fingerprint density at radius 1 is 1.33 bits per heavy atom. The van der Waals surface area contributed by atoms with Crippen molar-refractivity contribution >= 4 is 34.8 Å². The number of anilines is 2. The second-order valence-corrected chi connectivity index (χ2v) is 4.81. The van der Waals surface area contributed by atoms with Crippen LogP contribution in [0.3, 0.4) is 0 Å². The van der Waals surface area contributed by atoms with E-state index in [-0.39, 0.29) is 28.8 Å². The van der Waals surface area contributed by atoms with Gasteiger partial charge in [0, 0.05) is 6.54 Å². The minimum Gasteiger partial charge on any atom is -0.361 e. The smallest absolute Gasteiger partial charge is 0.354 e. The summed E-state index contributed by atoms with van der Waals surface area (Å²) in [6.07, 6.45) is 2.65. The lowest BCUT2D eigenvalue weighted by Crippen LogP contribution is -2.30. The third-order valence-corrected chi connectivity index (χ3v) is 3.16. The normalized spacial score (nSPS) is 9.88. The van der Waals surface area contributed by atoms with Crippen LogP contribution in [-0.4, -0.2) is 27.3 Å². The summed E-state index contributed by atoms with van der Waals surface area (Å²) < 4.78 is 0. The molecule has 1 heterocycles. The van der Waals surface area contributed by atoms with Crippen LogP contribution in [0.15, 0.2) is 43.2 Å². The van der Waals surface area contributed by atoms with Crippen molar-refractivity contribution < 1.29 is 9.72 Å². The Bertz CT molecular complexity index is 783. The van der Waals surface area contributed by atoms with Crippen molar-refractivity contribution in [3.05, 3.63) is 63.9 Å². The molecule has 0 unspecified atom stereocenters. The topological polar surface area (TPSA) is 122 Å². The lowest BCUT2D eigenvalue weighted by atomic mass is 10.2. The number of rotatable bonds is 7. The Morgan fingerprint density at radius 2 is 2.04 bits per heavy atom. The number of benzene rings is 1. The molecule has 0 bridgehead atoms.